The molecule has 2 aromatic rings. The van der Waals surface area contributed by atoms with Gasteiger partial charge >= 0.3 is 6.09 Å². The average Bonchev–Trinajstić information content (AvgIpc) is 2.67. The van der Waals surface area contributed by atoms with Crippen LogP contribution in [-0.4, -0.2) is 38.3 Å². The predicted molar refractivity (Wildman–Crippen MR) is 117 cm³/mol. The lowest BCUT2D eigenvalue weighted by molar-refractivity contribution is -0.491. The molecule has 2 rings (SSSR count). The maximum atomic E-state index is 13.6. The maximum absolute atomic E-state index is 13.6. The summed E-state index contributed by atoms with van der Waals surface area (Å²) in [5, 5.41) is 22.0. The van der Waals surface area contributed by atoms with Crippen LogP contribution in [0.3, 0.4) is 0 Å². The summed E-state index contributed by atoms with van der Waals surface area (Å²) in [4.78, 5) is 27.1. The Morgan fingerprint density at radius 1 is 1.31 bits per heavy atom. The largest absolute Gasteiger partial charge is 0.443 e. The van der Waals surface area contributed by atoms with Crippen molar-refractivity contribution in [1.29, 1.82) is 0 Å². The van der Waals surface area contributed by atoms with Gasteiger partial charge in [-0.05, 0) is 70.5 Å². The van der Waals surface area contributed by atoms with E-state index in [4.69, 9.17) is 22.2 Å². The summed E-state index contributed by atoms with van der Waals surface area (Å²) in [7, 11) is 0. The number of rotatable bonds is 6. The van der Waals surface area contributed by atoms with Gasteiger partial charge in [-0.3, -0.25) is 10.1 Å². The third-order valence-corrected chi connectivity index (χ3v) is 4.91. The molecule has 0 aliphatic rings. The molecule has 0 fully saturated rings. The second-order valence-corrected chi connectivity index (χ2v) is 9.14. The first-order chi connectivity index (χ1) is 14.6. The van der Waals surface area contributed by atoms with E-state index in [1.807, 2.05) is 0 Å². The van der Waals surface area contributed by atoms with E-state index in [1.165, 1.54) is 18.2 Å². The third-order valence-electron chi connectivity index (χ3n) is 4.62. The van der Waals surface area contributed by atoms with Gasteiger partial charge in [0.2, 0.25) is 6.54 Å². The monoisotopic (exact) mass is 468 g/mol. The van der Waals surface area contributed by atoms with Crippen LogP contribution in [0.2, 0.25) is 5.02 Å². The molecule has 1 atom stereocenters. The van der Waals surface area contributed by atoms with Gasteiger partial charge in [-0.1, -0.05) is 11.6 Å². The second-order valence-electron chi connectivity index (χ2n) is 8.74. The van der Waals surface area contributed by atoms with Crippen LogP contribution >= 0.6 is 11.6 Å². The number of hydrogen-bond acceptors (Lipinski definition) is 7. The highest BCUT2D eigenvalue weighted by molar-refractivity contribution is 6.31. The molecule has 0 aliphatic heterocycles. The lowest BCUT2D eigenvalue weighted by atomic mass is 9.91. The van der Waals surface area contributed by atoms with Gasteiger partial charge < -0.3 is 9.84 Å². The van der Waals surface area contributed by atoms with Crippen molar-refractivity contribution in [1.82, 2.24) is 9.99 Å². The molecule has 0 aliphatic carbocycles. The lowest BCUT2D eigenvalue weighted by Crippen LogP contribution is -2.52. The number of hydrogen-bond donors (Lipinski definition) is 2. The first kappa shape index (κ1) is 25.4. The highest BCUT2D eigenvalue weighted by atomic mass is 35.5. The number of aliphatic hydroxyl groups excluding tert-OH is 1. The Morgan fingerprint density at radius 2 is 1.94 bits per heavy atom. The number of nitrogens with two attached hydrogens (primary N) is 1. The van der Waals surface area contributed by atoms with Gasteiger partial charge in [0.15, 0.2) is 6.10 Å². The van der Waals surface area contributed by atoms with Gasteiger partial charge in [0.1, 0.15) is 11.4 Å². The minimum Gasteiger partial charge on any atom is -0.443 e. The number of benzene rings is 1. The highest BCUT2D eigenvalue weighted by Gasteiger charge is 2.35. The molecule has 1 unspecified atom stereocenters. The Morgan fingerprint density at radius 3 is 2.47 bits per heavy atom. The normalized spacial score (nSPS) is 12.9. The number of ether oxygens (including phenoxy) is 1. The predicted octanol–water partition coefficient (Wildman–Crippen LogP) is 4.20. The van der Waals surface area contributed by atoms with Crippen LogP contribution in [-0.2, 0) is 10.3 Å². The molecule has 174 valence electrons. The fourth-order valence-corrected chi connectivity index (χ4v) is 2.97. The van der Waals surface area contributed by atoms with E-state index < -0.39 is 40.6 Å². The summed E-state index contributed by atoms with van der Waals surface area (Å²) >= 11 is 5.89. The fourth-order valence-electron chi connectivity index (χ4n) is 2.79. The van der Waals surface area contributed by atoms with Crippen molar-refractivity contribution in [2.24, 2.45) is 5.84 Å². The molecule has 11 heteroatoms. The number of halogens is 2. The number of pyridine rings is 1. The molecule has 9 nitrogen and oxygen atoms in total. The van der Waals surface area contributed by atoms with Crippen LogP contribution in [0.25, 0.3) is 11.3 Å². The third kappa shape index (κ3) is 6.12. The molecule has 1 aromatic carbocycles. The molecule has 0 bridgehead atoms. The smallest absolute Gasteiger partial charge is 0.425 e. The van der Waals surface area contributed by atoms with E-state index >= 15 is 0 Å². The number of carbonyl (C=O) groups excluding carboxylic acids is 1. The van der Waals surface area contributed by atoms with Crippen molar-refractivity contribution >= 4 is 17.7 Å². The van der Waals surface area contributed by atoms with Crippen molar-refractivity contribution < 1.29 is 24.0 Å². The van der Waals surface area contributed by atoms with Gasteiger partial charge in [0.25, 0.3) is 0 Å². The van der Waals surface area contributed by atoms with Crippen LogP contribution in [0, 0.1) is 15.9 Å². The Labute approximate surface area is 190 Å². The van der Waals surface area contributed by atoms with E-state index in [0.717, 1.165) is 11.1 Å². The first-order valence-electron chi connectivity index (χ1n) is 9.67. The van der Waals surface area contributed by atoms with Gasteiger partial charge in [-0.2, -0.15) is 0 Å². The topological polar surface area (TPSA) is 132 Å². The lowest BCUT2D eigenvalue weighted by Gasteiger charge is -2.36. The van der Waals surface area contributed by atoms with Crippen LogP contribution < -0.4 is 5.84 Å². The average molecular weight is 469 g/mol. The van der Waals surface area contributed by atoms with Crippen molar-refractivity contribution in [2.45, 2.75) is 51.9 Å². The Bertz CT molecular complexity index is 1030. The Balaban J connectivity index is 2.60. The summed E-state index contributed by atoms with van der Waals surface area (Å²) in [5.74, 6) is 5.44. The van der Waals surface area contributed by atoms with Crippen LogP contribution in [0.4, 0.5) is 9.18 Å². The minimum atomic E-state index is -1.52. The van der Waals surface area contributed by atoms with Gasteiger partial charge in [-0.15, -0.1) is 0 Å². The molecule has 1 amide bonds. The van der Waals surface area contributed by atoms with Gasteiger partial charge in [0.05, 0.1) is 21.9 Å². The summed E-state index contributed by atoms with van der Waals surface area (Å²) in [6.07, 6.45) is -2.32. The number of aliphatic hydroxyl groups is 1. The molecule has 0 saturated carbocycles. The number of nitro groups is 1. The molecule has 3 N–H and O–H groups in total. The van der Waals surface area contributed by atoms with Gasteiger partial charge in [0, 0.05) is 10.5 Å². The van der Waals surface area contributed by atoms with Gasteiger partial charge in [-0.25, -0.2) is 25.0 Å². The number of aromatic nitrogens is 1. The highest BCUT2D eigenvalue weighted by Crippen LogP contribution is 2.33. The summed E-state index contributed by atoms with van der Waals surface area (Å²) in [6.45, 7) is 7.58. The summed E-state index contributed by atoms with van der Waals surface area (Å²) in [5.41, 5.74) is -0.898. The maximum Gasteiger partial charge on any atom is 0.425 e. The molecular formula is C21H26ClFN4O5. The van der Waals surface area contributed by atoms with Crippen LogP contribution in [0.15, 0.2) is 30.3 Å². The quantitative estimate of drug-likeness (QED) is 0.281. The molecule has 1 heterocycles. The van der Waals surface area contributed by atoms with Crippen LogP contribution in [0.5, 0.6) is 0 Å². The number of hydrazine groups is 1. The van der Waals surface area contributed by atoms with Crippen molar-refractivity contribution in [2.75, 3.05) is 6.54 Å². The van der Waals surface area contributed by atoms with E-state index in [9.17, 15) is 24.4 Å². The van der Waals surface area contributed by atoms with Crippen molar-refractivity contribution in [3.63, 3.8) is 0 Å². The van der Waals surface area contributed by atoms with E-state index in [1.54, 1.807) is 40.7 Å². The Hall–Kier alpha value is -2.82. The standard InChI is InChI=1S/C21H26ClFN4O5/c1-20(2,3)32-19(29)27(24)21(4,5)13-9-16(12-6-7-15(23)14(22)8-12)25-17(10-13)18(28)11-26(30)31/h6-10,18,28H,11,24H2,1-5H3. The molecular weight excluding hydrogens is 443 g/mol. The zero-order chi connectivity index (χ0) is 24.4. The van der Waals surface area contributed by atoms with Crippen molar-refractivity contribution in [3.8, 4) is 11.3 Å². The van der Waals surface area contributed by atoms with E-state index in [-0.39, 0.29) is 16.4 Å². The molecule has 1 aromatic heterocycles. The molecule has 32 heavy (non-hydrogen) atoms. The van der Waals surface area contributed by atoms with Crippen LogP contribution in [0.1, 0.15) is 52.0 Å². The van der Waals surface area contributed by atoms with Crippen molar-refractivity contribution in [3.05, 3.63) is 62.5 Å². The minimum absolute atomic E-state index is 0.0136. The summed E-state index contributed by atoms with van der Waals surface area (Å²) < 4.78 is 19.0. The zero-order valence-electron chi connectivity index (χ0n) is 18.4. The number of nitrogens with zero attached hydrogens (tertiary/aromatic N) is 3. The molecule has 0 radical (unpaired) electrons. The molecule has 0 saturated heterocycles. The summed E-state index contributed by atoms with van der Waals surface area (Å²) in [6, 6.07) is 6.93. The molecule has 0 spiro atoms. The number of carbonyl (C=O) groups is 1. The Kier molecular flexibility index (Phi) is 7.44. The first-order valence-corrected chi connectivity index (χ1v) is 10.1. The van der Waals surface area contributed by atoms with E-state index in [2.05, 4.69) is 4.98 Å². The SMILES string of the molecule is CC(C)(C)OC(=O)N(N)C(C)(C)c1cc(-c2ccc(F)c(Cl)c2)nc(C(O)C[N+](=O)[O-])c1. The van der Waals surface area contributed by atoms with E-state index in [0.29, 0.717) is 11.1 Å². The fraction of sp³-hybridized carbons (Fsp3) is 0.429. The zero-order valence-corrected chi connectivity index (χ0v) is 19.2. The number of amides is 1. The second kappa shape index (κ2) is 9.35.